The lowest BCUT2D eigenvalue weighted by molar-refractivity contribution is -0.119. The highest BCUT2D eigenvalue weighted by Crippen LogP contribution is 2.36. The van der Waals surface area contributed by atoms with Crippen LogP contribution in [0.5, 0.6) is 0 Å². The largest absolute Gasteiger partial charge is 0.355 e. The number of guanidine groups is 1. The van der Waals surface area contributed by atoms with Crippen molar-refractivity contribution in [3.63, 3.8) is 0 Å². The molecule has 0 aromatic rings. The predicted molar refractivity (Wildman–Crippen MR) is 72.5 cm³/mol. The molecule has 0 aliphatic carbocycles. The van der Waals surface area contributed by atoms with Gasteiger partial charge in [-0.1, -0.05) is 0 Å². The van der Waals surface area contributed by atoms with Crippen LogP contribution >= 0.6 is 0 Å². The molecule has 1 spiro atoms. The summed E-state index contributed by atoms with van der Waals surface area (Å²) in [6, 6.07) is 0. The zero-order valence-electron chi connectivity index (χ0n) is 11.7. The summed E-state index contributed by atoms with van der Waals surface area (Å²) in [4.78, 5) is 20.5. The first kappa shape index (κ1) is 13.2. The monoisotopic (exact) mass is 252 g/mol. The Morgan fingerprint density at radius 1 is 1.56 bits per heavy atom. The zero-order valence-corrected chi connectivity index (χ0v) is 11.7. The SMILES string of the molecule is CCN=C(N(C)C)N1CCCC2(CNC(=O)C2)C1. The molecule has 2 saturated heterocycles. The van der Waals surface area contributed by atoms with E-state index in [-0.39, 0.29) is 11.3 Å². The summed E-state index contributed by atoms with van der Waals surface area (Å²) in [5, 5.41) is 2.98. The van der Waals surface area contributed by atoms with Crippen molar-refractivity contribution in [2.45, 2.75) is 26.2 Å². The predicted octanol–water partition coefficient (Wildman–Crippen LogP) is 0.526. The number of amides is 1. The smallest absolute Gasteiger partial charge is 0.220 e. The summed E-state index contributed by atoms with van der Waals surface area (Å²) in [7, 11) is 4.07. The van der Waals surface area contributed by atoms with Gasteiger partial charge in [-0.05, 0) is 19.8 Å². The van der Waals surface area contributed by atoms with Crippen molar-refractivity contribution in [2.75, 3.05) is 40.3 Å². The number of nitrogens with zero attached hydrogens (tertiary/aromatic N) is 3. The van der Waals surface area contributed by atoms with E-state index in [1.165, 1.54) is 0 Å². The molecule has 0 aromatic heterocycles. The van der Waals surface area contributed by atoms with Crippen molar-refractivity contribution in [1.29, 1.82) is 0 Å². The van der Waals surface area contributed by atoms with Crippen molar-refractivity contribution in [2.24, 2.45) is 10.4 Å². The van der Waals surface area contributed by atoms with Crippen molar-refractivity contribution in [3.8, 4) is 0 Å². The van der Waals surface area contributed by atoms with Gasteiger partial charge in [0, 0.05) is 52.1 Å². The highest BCUT2D eigenvalue weighted by molar-refractivity contribution is 5.81. The minimum atomic E-state index is 0.139. The normalized spacial score (nSPS) is 28.7. The van der Waals surface area contributed by atoms with Gasteiger partial charge in [0.15, 0.2) is 5.96 Å². The van der Waals surface area contributed by atoms with Crippen LogP contribution in [0.1, 0.15) is 26.2 Å². The lowest BCUT2D eigenvalue weighted by Crippen LogP contribution is -2.51. The lowest BCUT2D eigenvalue weighted by atomic mass is 9.79. The minimum absolute atomic E-state index is 0.139. The Kier molecular flexibility index (Phi) is 3.78. The highest BCUT2D eigenvalue weighted by atomic mass is 16.1. The molecule has 2 fully saturated rings. The number of aliphatic imine (C=N–C) groups is 1. The van der Waals surface area contributed by atoms with Crippen LogP contribution in [0, 0.1) is 5.41 Å². The molecular formula is C13H24N4O. The molecule has 0 aromatic carbocycles. The van der Waals surface area contributed by atoms with Gasteiger partial charge in [0.05, 0.1) is 0 Å². The van der Waals surface area contributed by atoms with Gasteiger partial charge in [0.1, 0.15) is 0 Å². The van der Waals surface area contributed by atoms with Gasteiger partial charge in [-0.2, -0.15) is 0 Å². The van der Waals surface area contributed by atoms with Crippen molar-refractivity contribution < 1.29 is 4.79 Å². The van der Waals surface area contributed by atoms with Crippen LogP contribution in [0.25, 0.3) is 0 Å². The van der Waals surface area contributed by atoms with Crippen LogP contribution in [-0.2, 0) is 4.79 Å². The maximum Gasteiger partial charge on any atom is 0.220 e. The van der Waals surface area contributed by atoms with Crippen LogP contribution in [0.15, 0.2) is 4.99 Å². The van der Waals surface area contributed by atoms with E-state index in [4.69, 9.17) is 0 Å². The first-order valence-electron chi connectivity index (χ1n) is 6.80. The highest BCUT2D eigenvalue weighted by Gasteiger charge is 2.42. The van der Waals surface area contributed by atoms with E-state index in [1.54, 1.807) is 0 Å². The Labute approximate surface area is 109 Å². The van der Waals surface area contributed by atoms with Crippen molar-refractivity contribution in [1.82, 2.24) is 15.1 Å². The van der Waals surface area contributed by atoms with E-state index in [0.717, 1.165) is 45.0 Å². The van der Waals surface area contributed by atoms with Crippen LogP contribution in [0.2, 0.25) is 0 Å². The molecule has 5 nitrogen and oxygen atoms in total. The fraction of sp³-hybridized carbons (Fsp3) is 0.846. The zero-order chi connectivity index (χ0) is 13.2. The number of nitrogens with one attached hydrogen (secondary N) is 1. The first-order chi connectivity index (χ1) is 8.56. The topological polar surface area (TPSA) is 47.9 Å². The molecule has 0 bridgehead atoms. The molecule has 0 saturated carbocycles. The summed E-state index contributed by atoms with van der Waals surface area (Å²) in [5.41, 5.74) is 0.139. The van der Waals surface area contributed by atoms with Gasteiger partial charge < -0.3 is 15.1 Å². The Morgan fingerprint density at radius 3 is 2.89 bits per heavy atom. The van der Waals surface area contributed by atoms with Gasteiger partial charge >= 0.3 is 0 Å². The van der Waals surface area contributed by atoms with E-state index in [9.17, 15) is 4.79 Å². The molecule has 2 rings (SSSR count). The summed E-state index contributed by atoms with van der Waals surface area (Å²) in [5.74, 6) is 1.26. The fourth-order valence-electron chi connectivity index (χ4n) is 3.08. The number of likely N-dealkylation sites (tertiary alicyclic amines) is 1. The molecule has 1 amide bonds. The van der Waals surface area contributed by atoms with Crippen LogP contribution in [0.3, 0.4) is 0 Å². The number of hydrogen-bond acceptors (Lipinski definition) is 2. The third-order valence-corrected chi connectivity index (χ3v) is 3.84. The maximum atomic E-state index is 11.5. The van der Waals surface area contributed by atoms with Gasteiger partial charge in [-0.15, -0.1) is 0 Å². The lowest BCUT2D eigenvalue weighted by Gasteiger charge is -2.42. The van der Waals surface area contributed by atoms with E-state index in [2.05, 4.69) is 27.0 Å². The average molecular weight is 252 g/mol. The standard InChI is InChI=1S/C13H24N4O/c1-4-14-12(16(2)3)17-7-5-6-13(10-17)8-11(18)15-9-13/h4-10H2,1-3H3,(H,15,18). The Morgan fingerprint density at radius 2 is 2.33 bits per heavy atom. The molecule has 5 heteroatoms. The fourth-order valence-corrected chi connectivity index (χ4v) is 3.08. The van der Waals surface area contributed by atoms with E-state index in [1.807, 2.05) is 14.1 Å². The summed E-state index contributed by atoms with van der Waals surface area (Å²) in [6.07, 6.45) is 2.97. The van der Waals surface area contributed by atoms with Gasteiger partial charge in [0.25, 0.3) is 0 Å². The maximum absolute atomic E-state index is 11.5. The Hall–Kier alpha value is -1.26. The molecule has 0 radical (unpaired) electrons. The van der Waals surface area contributed by atoms with Gasteiger partial charge in [0.2, 0.25) is 5.91 Å². The minimum Gasteiger partial charge on any atom is -0.355 e. The Bertz CT molecular complexity index is 353. The van der Waals surface area contributed by atoms with E-state index in [0.29, 0.717) is 6.42 Å². The van der Waals surface area contributed by atoms with Gasteiger partial charge in [-0.25, -0.2) is 0 Å². The second-order valence-corrected chi connectivity index (χ2v) is 5.65. The van der Waals surface area contributed by atoms with Gasteiger partial charge in [-0.3, -0.25) is 9.79 Å². The van der Waals surface area contributed by atoms with E-state index >= 15 is 0 Å². The second kappa shape index (κ2) is 5.16. The summed E-state index contributed by atoms with van der Waals surface area (Å²) in [6.45, 7) is 5.68. The number of hydrogen-bond donors (Lipinski definition) is 1. The molecule has 18 heavy (non-hydrogen) atoms. The van der Waals surface area contributed by atoms with Crippen LogP contribution in [-0.4, -0.2) is 61.9 Å². The molecular weight excluding hydrogens is 228 g/mol. The third-order valence-electron chi connectivity index (χ3n) is 3.84. The molecule has 1 N–H and O–H groups in total. The quantitative estimate of drug-likeness (QED) is 0.547. The summed E-state index contributed by atoms with van der Waals surface area (Å²) >= 11 is 0. The molecule has 1 atom stereocenters. The van der Waals surface area contributed by atoms with E-state index < -0.39 is 0 Å². The number of piperidine rings is 1. The third kappa shape index (κ3) is 2.60. The van der Waals surface area contributed by atoms with Crippen LogP contribution in [0.4, 0.5) is 0 Å². The molecule has 2 aliphatic rings. The van der Waals surface area contributed by atoms with Crippen molar-refractivity contribution >= 4 is 11.9 Å². The Balaban J connectivity index is 2.10. The second-order valence-electron chi connectivity index (χ2n) is 5.65. The van der Waals surface area contributed by atoms with Crippen LogP contribution < -0.4 is 5.32 Å². The average Bonchev–Trinajstić information content (AvgIpc) is 2.67. The number of carbonyl (C=O) groups is 1. The number of rotatable bonds is 1. The van der Waals surface area contributed by atoms with Crippen molar-refractivity contribution in [3.05, 3.63) is 0 Å². The summed E-state index contributed by atoms with van der Waals surface area (Å²) < 4.78 is 0. The molecule has 2 heterocycles. The number of carbonyl (C=O) groups excluding carboxylic acids is 1. The molecule has 102 valence electrons. The first-order valence-corrected chi connectivity index (χ1v) is 6.80. The molecule has 2 aliphatic heterocycles. The molecule has 1 unspecified atom stereocenters.